The molecule has 2 aliphatic heterocycles. The Kier molecular flexibility index (Phi) is 8.47. The van der Waals surface area contributed by atoms with E-state index in [2.05, 4.69) is 96.9 Å². The number of likely N-dealkylation sites (tertiary alicyclic amines) is 1. The zero-order valence-electron chi connectivity index (χ0n) is 20.8. The monoisotopic (exact) mass is 474 g/mol. The lowest BCUT2D eigenvalue weighted by Crippen LogP contribution is -2.40. The normalized spacial score (nSPS) is 19.6. The Balaban J connectivity index is 0.000000180. The van der Waals surface area contributed by atoms with Crippen LogP contribution in [-0.2, 0) is 17.4 Å². The molecule has 2 fully saturated rings. The van der Waals surface area contributed by atoms with Crippen LogP contribution in [0.4, 0.5) is 0 Å². The highest BCUT2D eigenvalue weighted by atomic mass is 35.5. The fourth-order valence-corrected chi connectivity index (χ4v) is 5.74. The van der Waals surface area contributed by atoms with Gasteiger partial charge < -0.3 is 5.32 Å². The third-order valence-corrected chi connectivity index (χ3v) is 8.24. The van der Waals surface area contributed by atoms with E-state index in [1.807, 2.05) is 12.1 Å². The minimum Gasteiger partial charge on any atom is -0.317 e. The van der Waals surface area contributed by atoms with Crippen LogP contribution >= 0.6 is 11.6 Å². The Morgan fingerprint density at radius 1 is 0.706 bits per heavy atom. The summed E-state index contributed by atoms with van der Waals surface area (Å²) in [6.45, 7) is 10.4. The molecule has 0 amide bonds. The van der Waals surface area contributed by atoms with Gasteiger partial charge in [-0.05, 0) is 85.4 Å². The van der Waals surface area contributed by atoms with Crippen molar-refractivity contribution in [3.63, 3.8) is 0 Å². The van der Waals surface area contributed by atoms with Crippen LogP contribution in [0.2, 0.25) is 5.02 Å². The first-order valence-electron chi connectivity index (χ1n) is 12.8. The Morgan fingerprint density at radius 3 is 1.88 bits per heavy atom. The van der Waals surface area contributed by atoms with Gasteiger partial charge in [0.1, 0.15) is 0 Å². The fraction of sp³-hybridized carbons (Fsp3) is 0.419. The van der Waals surface area contributed by atoms with Gasteiger partial charge in [0.15, 0.2) is 0 Å². The molecule has 2 heterocycles. The van der Waals surface area contributed by atoms with E-state index in [1.165, 1.54) is 42.4 Å². The number of nitrogens with zero attached hydrogens (tertiary/aromatic N) is 1. The van der Waals surface area contributed by atoms with Crippen molar-refractivity contribution >= 4 is 11.6 Å². The fourth-order valence-electron chi connectivity index (χ4n) is 5.37. The smallest absolute Gasteiger partial charge is 0.0443 e. The molecule has 2 aliphatic rings. The van der Waals surface area contributed by atoms with Gasteiger partial charge in [-0.1, -0.05) is 104 Å². The van der Waals surface area contributed by atoms with Crippen LogP contribution in [0.25, 0.3) is 0 Å². The van der Waals surface area contributed by atoms with Gasteiger partial charge in [0, 0.05) is 11.6 Å². The Labute approximate surface area is 211 Å². The molecule has 0 saturated carbocycles. The zero-order chi connectivity index (χ0) is 23.9. The van der Waals surface area contributed by atoms with Crippen molar-refractivity contribution in [2.24, 2.45) is 0 Å². The molecule has 1 N–H and O–H groups in total. The Bertz CT molecular complexity index is 1000. The maximum atomic E-state index is 6.40. The van der Waals surface area contributed by atoms with E-state index in [9.17, 15) is 0 Å². The van der Waals surface area contributed by atoms with Crippen molar-refractivity contribution in [1.82, 2.24) is 10.2 Å². The predicted molar refractivity (Wildman–Crippen MR) is 146 cm³/mol. The second-order valence-electron chi connectivity index (χ2n) is 10.5. The van der Waals surface area contributed by atoms with E-state index in [-0.39, 0.29) is 5.41 Å². The van der Waals surface area contributed by atoms with Crippen LogP contribution in [0.3, 0.4) is 0 Å². The largest absolute Gasteiger partial charge is 0.317 e. The number of hydrogen-bond donors (Lipinski definition) is 1. The molecule has 180 valence electrons. The molecule has 0 bridgehead atoms. The molecule has 3 heteroatoms. The van der Waals surface area contributed by atoms with Gasteiger partial charge in [-0.25, -0.2) is 0 Å². The second kappa shape index (κ2) is 11.5. The van der Waals surface area contributed by atoms with Crippen molar-refractivity contribution in [1.29, 1.82) is 0 Å². The minimum atomic E-state index is 0.214. The average Bonchev–Trinajstić information content (AvgIpc) is 2.88. The van der Waals surface area contributed by atoms with Gasteiger partial charge in [-0.3, -0.25) is 4.90 Å². The molecule has 0 radical (unpaired) electrons. The number of halogens is 1. The Morgan fingerprint density at radius 2 is 1.26 bits per heavy atom. The van der Waals surface area contributed by atoms with Gasteiger partial charge in [-0.2, -0.15) is 0 Å². The van der Waals surface area contributed by atoms with E-state index >= 15 is 0 Å². The third kappa shape index (κ3) is 6.30. The predicted octanol–water partition coefficient (Wildman–Crippen LogP) is 7.22. The quantitative estimate of drug-likeness (QED) is 0.429. The van der Waals surface area contributed by atoms with E-state index in [1.54, 1.807) is 0 Å². The van der Waals surface area contributed by atoms with Crippen molar-refractivity contribution in [3.8, 4) is 0 Å². The summed E-state index contributed by atoms with van der Waals surface area (Å²) in [5, 5.41) is 4.32. The molecule has 2 saturated heterocycles. The molecule has 3 aromatic carbocycles. The first-order chi connectivity index (χ1) is 16.5. The van der Waals surface area contributed by atoms with Gasteiger partial charge in [0.2, 0.25) is 0 Å². The second-order valence-corrected chi connectivity index (χ2v) is 10.9. The average molecular weight is 475 g/mol. The zero-order valence-corrected chi connectivity index (χ0v) is 21.5. The molecular weight excluding hydrogens is 436 g/mol. The van der Waals surface area contributed by atoms with Crippen LogP contribution in [0.5, 0.6) is 0 Å². The summed E-state index contributed by atoms with van der Waals surface area (Å²) in [7, 11) is 0. The van der Waals surface area contributed by atoms with Gasteiger partial charge in [0.25, 0.3) is 0 Å². The molecule has 0 unspecified atom stereocenters. The van der Waals surface area contributed by atoms with Crippen molar-refractivity contribution in [2.45, 2.75) is 56.9 Å². The maximum absolute atomic E-state index is 6.40. The summed E-state index contributed by atoms with van der Waals surface area (Å²) >= 11 is 6.40. The van der Waals surface area contributed by atoms with E-state index < -0.39 is 0 Å². The third-order valence-electron chi connectivity index (χ3n) is 7.91. The summed E-state index contributed by atoms with van der Waals surface area (Å²) in [6, 6.07) is 29.9. The summed E-state index contributed by atoms with van der Waals surface area (Å²) in [6.07, 6.45) is 4.86. The summed E-state index contributed by atoms with van der Waals surface area (Å²) in [5.74, 6) is 0. The molecule has 34 heavy (non-hydrogen) atoms. The highest BCUT2D eigenvalue weighted by Gasteiger charge is 2.33. The van der Waals surface area contributed by atoms with Crippen LogP contribution < -0.4 is 5.32 Å². The molecule has 0 aromatic heterocycles. The molecule has 0 aliphatic carbocycles. The van der Waals surface area contributed by atoms with Gasteiger partial charge in [0.05, 0.1) is 0 Å². The standard InChI is InChI=1S/C19H22ClN.C12H17N/c1-19(17-9-5-6-10-18(17)20)11-13-21(14-12-19)15-16-7-3-2-4-8-16;1-12(7-9-13-10-8-12)11-5-3-2-4-6-11/h2-10H,11-15H2,1H3;2-6,13H,7-10H2,1H3. The maximum Gasteiger partial charge on any atom is 0.0443 e. The first-order valence-corrected chi connectivity index (χ1v) is 13.1. The molecule has 0 spiro atoms. The number of nitrogens with one attached hydrogen (secondary N) is 1. The van der Waals surface area contributed by atoms with Crippen LogP contribution in [0, 0.1) is 0 Å². The van der Waals surface area contributed by atoms with Crippen molar-refractivity contribution in [2.75, 3.05) is 26.2 Å². The summed E-state index contributed by atoms with van der Waals surface area (Å²) < 4.78 is 0. The van der Waals surface area contributed by atoms with E-state index in [0.717, 1.165) is 37.7 Å². The number of benzene rings is 3. The molecule has 0 atom stereocenters. The molecule has 2 nitrogen and oxygen atoms in total. The minimum absolute atomic E-state index is 0.214. The molecule has 5 rings (SSSR count). The van der Waals surface area contributed by atoms with Crippen LogP contribution in [-0.4, -0.2) is 31.1 Å². The van der Waals surface area contributed by atoms with Crippen LogP contribution in [0.1, 0.15) is 56.2 Å². The summed E-state index contributed by atoms with van der Waals surface area (Å²) in [5.41, 5.74) is 4.83. The highest BCUT2D eigenvalue weighted by Crippen LogP contribution is 2.38. The lowest BCUT2D eigenvalue weighted by Gasteiger charge is -2.40. The topological polar surface area (TPSA) is 15.3 Å². The van der Waals surface area contributed by atoms with Gasteiger partial charge >= 0.3 is 0 Å². The molecule has 3 aromatic rings. The van der Waals surface area contributed by atoms with Crippen molar-refractivity contribution in [3.05, 3.63) is 107 Å². The SMILES string of the molecule is CC1(c2ccccc2)CCNCC1.CC1(c2ccccc2Cl)CCN(Cc2ccccc2)CC1. The lowest BCUT2D eigenvalue weighted by molar-refractivity contribution is 0.162. The summed E-state index contributed by atoms with van der Waals surface area (Å²) in [4.78, 5) is 2.55. The lowest BCUT2D eigenvalue weighted by atomic mass is 9.74. The number of rotatable bonds is 4. The van der Waals surface area contributed by atoms with Crippen LogP contribution in [0.15, 0.2) is 84.9 Å². The first kappa shape index (κ1) is 25.0. The Hall–Kier alpha value is -2.13. The number of piperidine rings is 2. The highest BCUT2D eigenvalue weighted by molar-refractivity contribution is 6.31. The van der Waals surface area contributed by atoms with Crippen molar-refractivity contribution < 1.29 is 0 Å². The molecular formula is C31H39ClN2. The van der Waals surface area contributed by atoms with Gasteiger partial charge in [-0.15, -0.1) is 0 Å². The van der Waals surface area contributed by atoms with E-state index in [4.69, 9.17) is 11.6 Å². The van der Waals surface area contributed by atoms with E-state index in [0.29, 0.717) is 5.41 Å². The number of hydrogen-bond acceptors (Lipinski definition) is 2.